The molecule has 1 aliphatic heterocycles. The Morgan fingerprint density at radius 3 is 2.81 bits per heavy atom. The molecular formula is C19H24N4O3. The van der Waals surface area contributed by atoms with Gasteiger partial charge in [0, 0.05) is 19.1 Å². The van der Waals surface area contributed by atoms with Gasteiger partial charge in [-0.15, -0.1) is 0 Å². The second-order valence-corrected chi connectivity index (χ2v) is 6.77. The minimum atomic E-state index is -0.184. The molecule has 0 spiro atoms. The van der Waals surface area contributed by atoms with E-state index in [-0.39, 0.29) is 30.4 Å². The highest BCUT2D eigenvalue weighted by Gasteiger charge is 2.29. The number of nitrogens with one attached hydrogen (secondary N) is 2. The predicted molar refractivity (Wildman–Crippen MR) is 97.1 cm³/mol. The molecule has 7 heteroatoms. The third-order valence-corrected chi connectivity index (χ3v) is 4.37. The van der Waals surface area contributed by atoms with Crippen molar-refractivity contribution in [2.75, 3.05) is 19.7 Å². The number of likely N-dealkylation sites (tertiary alicyclic amines) is 1. The number of ether oxygens (including phenoxy) is 1. The fourth-order valence-corrected chi connectivity index (χ4v) is 2.91. The van der Waals surface area contributed by atoms with Crippen LogP contribution in [-0.4, -0.2) is 52.6 Å². The summed E-state index contributed by atoms with van der Waals surface area (Å²) in [6.07, 6.45) is 0.730. The molecule has 2 heterocycles. The molecule has 1 unspecified atom stereocenters. The molecule has 1 aromatic carbocycles. The summed E-state index contributed by atoms with van der Waals surface area (Å²) < 4.78 is 5.44. The first kappa shape index (κ1) is 18.0. The zero-order chi connectivity index (χ0) is 18.5. The number of hydrogen-bond acceptors (Lipinski definition) is 4. The number of hydrogen-bond donors (Lipinski definition) is 2. The molecule has 0 aliphatic carbocycles. The van der Waals surface area contributed by atoms with E-state index >= 15 is 0 Å². The van der Waals surface area contributed by atoms with Crippen molar-refractivity contribution in [2.45, 2.75) is 32.2 Å². The summed E-state index contributed by atoms with van der Waals surface area (Å²) in [6, 6.07) is 11.0. The van der Waals surface area contributed by atoms with Crippen LogP contribution in [-0.2, 0) is 4.79 Å². The SMILES string of the molecule is CC(C)c1cc(C(=O)N2CCC(NC(=O)COc3ccccc3)C2)[nH]n1. The largest absolute Gasteiger partial charge is 0.484 e. The molecule has 0 radical (unpaired) electrons. The number of amides is 2. The molecule has 0 saturated carbocycles. The van der Waals surface area contributed by atoms with Crippen LogP contribution in [0.1, 0.15) is 42.4 Å². The number of carbonyl (C=O) groups is 2. The predicted octanol–water partition coefficient (Wildman–Crippen LogP) is 1.94. The van der Waals surface area contributed by atoms with E-state index in [0.29, 0.717) is 24.5 Å². The van der Waals surface area contributed by atoms with Gasteiger partial charge in [-0.1, -0.05) is 32.0 Å². The maximum absolute atomic E-state index is 12.5. The lowest BCUT2D eigenvalue weighted by Gasteiger charge is -2.16. The van der Waals surface area contributed by atoms with Gasteiger partial charge in [-0.3, -0.25) is 14.7 Å². The van der Waals surface area contributed by atoms with E-state index in [4.69, 9.17) is 4.74 Å². The van der Waals surface area contributed by atoms with Gasteiger partial charge >= 0.3 is 0 Å². The Morgan fingerprint density at radius 2 is 2.12 bits per heavy atom. The molecule has 138 valence electrons. The van der Waals surface area contributed by atoms with Gasteiger partial charge < -0.3 is 15.0 Å². The van der Waals surface area contributed by atoms with Gasteiger partial charge in [0.15, 0.2) is 6.61 Å². The number of para-hydroxylation sites is 1. The molecule has 1 aliphatic rings. The number of aromatic nitrogens is 2. The van der Waals surface area contributed by atoms with Crippen molar-refractivity contribution >= 4 is 11.8 Å². The van der Waals surface area contributed by atoms with Crippen LogP contribution in [0.2, 0.25) is 0 Å². The summed E-state index contributed by atoms with van der Waals surface area (Å²) in [5, 5.41) is 9.90. The van der Waals surface area contributed by atoms with Gasteiger partial charge in [-0.05, 0) is 30.5 Å². The van der Waals surface area contributed by atoms with Crippen molar-refractivity contribution in [3.63, 3.8) is 0 Å². The maximum atomic E-state index is 12.5. The van der Waals surface area contributed by atoms with Crippen molar-refractivity contribution in [1.82, 2.24) is 20.4 Å². The second kappa shape index (κ2) is 8.03. The highest BCUT2D eigenvalue weighted by molar-refractivity contribution is 5.92. The fraction of sp³-hybridized carbons (Fsp3) is 0.421. The first-order valence-corrected chi connectivity index (χ1v) is 8.84. The van der Waals surface area contributed by atoms with Crippen molar-refractivity contribution in [3.8, 4) is 5.75 Å². The Balaban J connectivity index is 1.47. The third kappa shape index (κ3) is 4.41. The lowest BCUT2D eigenvalue weighted by Crippen LogP contribution is -2.40. The molecular weight excluding hydrogens is 332 g/mol. The quantitative estimate of drug-likeness (QED) is 0.828. The highest BCUT2D eigenvalue weighted by atomic mass is 16.5. The normalized spacial score (nSPS) is 16.7. The number of carbonyl (C=O) groups excluding carboxylic acids is 2. The van der Waals surface area contributed by atoms with Crippen LogP contribution in [0.25, 0.3) is 0 Å². The van der Waals surface area contributed by atoms with Gasteiger partial charge in [-0.25, -0.2) is 0 Å². The summed E-state index contributed by atoms with van der Waals surface area (Å²) in [5.41, 5.74) is 1.36. The van der Waals surface area contributed by atoms with Gasteiger partial charge in [0.05, 0.1) is 5.69 Å². The summed E-state index contributed by atoms with van der Waals surface area (Å²) >= 11 is 0. The molecule has 1 atom stereocenters. The van der Waals surface area contributed by atoms with Crippen LogP contribution >= 0.6 is 0 Å². The Kier molecular flexibility index (Phi) is 5.55. The van der Waals surface area contributed by atoms with E-state index in [1.807, 2.05) is 32.0 Å². The van der Waals surface area contributed by atoms with Crippen LogP contribution < -0.4 is 10.1 Å². The van der Waals surface area contributed by atoms with Crippen molar-refractivity contribution < 1.29 is 14.3 Å². The summed E-state index contributed by atoms with van der Waals surface area (Å²) in [4.78, 5) is 26.3. The number of aromatic amines is 1. The monoisotopic (exact) mass is 356 g/mol. The minimum Gasteiger partial charge on any atom is -0.484 e. The van der Waals surface area contributed by atoms with Crippen molar-refractivity contribution in [2.24, 2.45) is 0 Å². The molecule has 1 aromatic heterocycles. The standard InChI is InChI=1S/C19H24N4O3/c1-13(2)16-10-17(22-21-16)19(25)23-9-8-14(11-23)20-18(24)12-26-15-6-4-3-5-7-15/h3-7,10,13-14H,8-9,11-12H2,1-2H3,(H,20,24)(H,21,22). The molecule has 2 N–H and O–H groups in total. The van der Waals surface area contributed by atoms with Crippen LogP contribution in [0.15, 0.2) is 36.4 Å². The van der Waals surface area contributed by atoms with Gasteiger partial charge in [0.1, 0.15) is 11.4 Å². The maximum Gasteiger partial charge on any atom is 0.271 e. The Labute approximate surface area is 152 Å². The number of rotatable bonds is 6. The van der Waals surface area contributed by atoms with Crippen LogP contribution in [0.5, 0.6) is 5.75 Å². The second-order valence-electron chi connectivity index (χ2n) is 6.77. The van der Waals surface area contributed by atoms with Gasteiger partial charge in [0.25, 0.3) is 11.8 Å². The van der Waals surface area contributed by atoms with E-state index in [0.717, 1.165) is 12.1 Å². The topological polar surface area (TPSA) is 87.3 Å². The Hall–Kier alpha value is -2.83. The minimum absolute atomic E-state index is 0.0350. The molecule has 0 bridgehead atoms. The lowest BCUT2D eigenvalue weighted by molar-refractivity contribution is -0.123. The Bertz CT molecular complexity index is 757. The van der Waals surface area contributed by atoms with E-state index in [2.05, 4.69) is 15.5 Å². The van der Waals surface area contributed by atoms with E-state index in [9.17, 15) is 9.59 Å². The lowest BCUT2D eigenvalue weighted by atomic mass is 10.1. The molecule has 26 heavy (non-hydrogen) atoms. The van der Waals surface area contributed by atoms with E-state index in [1.165, 1.54) is 0 Å². The van der Waals surface area contributed by atoms with Crippen LogP contribution in [0.3, 0.4) is 0 Å². The van der Waals surface area contributed by atoms with Gasteiger partial charge in [0.2, 0.25) is 0 Å². The van der Waals surface area contributed by atoms with Crippen molar-refractivity contribution in [1.29, 1.82) is 0 Å². The number of nitrogens with zero attached hydrogens (tertiary/aromatic N) is 2. The first-order valence-electron chi connectivity index (χ1n) is 8.84. The molecule has 2 aromatic rings. The fourth-order valence-electron chi connectivity index (χ4n) is 2.91. The summed E-state index contributed by atoms with van der Waals surface area (Å²) in [5.74, 6) is 0.660. The average Bonchev–Trinajstić information content (AvgIpc) is 3.30. The third-order valence-electron chi connectivity index (χ3n) is 4.37. The highest BCUT2D eigenvalue weighted by Crippen LogP contribution is 2.16. The van der Waals surface area contributed by atoms with Crippen LogP contribution in [0, 0.1) is 0 Å². The first-order chi connectivity index (χ1) is 12.5. The smallest absolute Gasteiger partial charge is 0.271 e. The average molecular weight is 356 g/mol. The molecule has 1 fully saturated rings. The zero-order valence-corrected chi connectivity index (χ0v) is 15.1. The molecule has 3 rings (SSSR count). The van der Waals surface area contributed by atoms with Crippen molar-refractivity contribution in [3.05, 3.63) is 47.8 Å². The van der Waals surface area contributed by atoms with Crippen LogP contribution in [0.4, 0.5) is 0 Å². The van der Waals surface area contributed by atoms with Gasteiger partial charge in [-0.2, -0.15) is 5.10 Å². The molecule has 1 saturated heterocycles. The van der Waals surface area contributed by atoms with E-state index < -0.39 is 0 Å². The number of benzene rings is 1. The Morgan fingerprint density at radius 1 is 1.35 bits per heavy atom. The number of H-pyrrole nitrogens is 1. The molecule has 2 amide bonds. The van der Waals surface area contributed by atoms with E-state index in [1.54, 1.807) is 23.1 Å². The molecule has 7 nitrogen and oxygen atoms in total. The summed E-state index contributed by atoms with van der Waals surface area (Å²) in [6.45, 7) is 5.13. The summed E-state index contributed by atoms with van der Waals surface area (Å²) in [7, 11) is 0. The zero-order valence-electron chi connectivity index (χ0n) is 15.1.